The van der Waals surface area contributed by atoms with Gasteiger partial charge in [-0.15, -0.1) is 10.2 Å². The van der Waals surface area contributed by atoms with Crippen LogP contribution in [0.15, 0.2) is 53.7 Å². The highest BCUT2D eigenvalue weighted by molar-refractivity contribution is 7.98. The Morgan fingerprint density at radius 1 is 0.963 bits per heavy atom. The molecule has 0 atom stereocenters. The van der Waals surface area contributed by atoms with Gasteiger partial charge < -0.3 is 4.57 Å². The maximum atomic E-state index is 5.99. The van der Waals surface area contributed by atoms with Crippen molar-refractivity contribution in [3.63, 3.8) is 0 Å². The van der Waals surface area contributed by atoms with E-state index in [-0.39, 0.29) is 0 Å². The van der Waals surface area contributed by atoms with Crippen LogP contribution in [0.5, 0.6) is 0 Å². The number of nitrogens with zero attached hydrogens (tertiary/aromatic N) is 5. The standard InChI is InChI=1S/C20H18ClN5S/c1-3-26-19(14-8-10-15(21)11-9-14)24-25-20(26)27-12-18-13(2)22-16-6-4-5-7-17(16)23-18/h4-11H,3,12H2,1-2H3. The normalized spacial score (nSPS) is 11.2. The van der Waals surface area contributed by atoms with Crippen LogP contribution in [0, 0.1) is 6.92 Å². The van der Waals surface area contributed by atoms with Crippen molar-refractivity contribution in [2.24, 2.45) is 0 Å². The van der Waals surface area contributed by atoms with Crippen LogP contribution in [0.2, 0.25) is 5.02 Å². The van der Waals surface area contributed by atoms with Crippen molar-refractivity contribution in [3.05, 3.63) is 64.9 Å². The number of aryl methyl sites for hydroxylation is 1. The van der Waals surface area contributed by atoms with Crippen LogP contribution in [0.4, 0.5) is 0 Å². The molecule has 0 N–H and O–H groups in total. The van der Waals surface area contributed by atoms with Gasteiger partial charge in [0.2, 0.25) is 0 Å². The second kappa shape index (κ2) is 7.66. The van der Waals surface area contributed by atoms with Gasteiger partial charge in [-0.2, -0.15) is 0 Å². The molecule has 0 saturated carbocycles. The second-order valence-electron chi connectivity index (χ2n) is 6.09. The number of benzene rings is 2. The SMILES string of the molecule is CCn1c(SCc2nc3ccccc3nc2C)nnc1-c1ccc(Cl)cc1. The van der Waals surface area contributed by atoms with E-state index in [4.69, 9.17) is 16.6 Å². The lowest BCUT2D eigenvalue weighted by Gasteiger charge is -2.09. The van der Waals surface area contributed by atoms with Gasteiger partial charge in [-0.05, 0) is 50.2 Å². The van der Waals surface area contributed by atoms with Crippen molar-refractivity contribution in [1.82, 2.24) is 24.7 Å². The molecule has 0 unspecified atom stereocenters. The predicted octanol–water partition coefficient (Wildman–Crippen LogP) is 5.16. The van der Waals surface area contributed by atoms with E-state index in [0.717, 1.165) is 45.5 Å². The molecule has 0 aliphatic rings. The number of rotatable bonds is 5. The Bertz CT molecular complexity index is 1090. The summed E-state index contributed by atoms with van der Waals surface area (Å²) in [5, 5.41) is 10.4. The summed E-state index contributed by atoms with van der Waals surface area (Å²) in [4.78, 5) is 9.42. The van der Waals surface area contributed by atoms with Gasteiger partial charge in [0.1, 0.15) is 0 Å². The molecule has 4 aromatic rings. The molecular formula is C20H18ClN5S. The number of hydrogen-bond donors (Lipinski definition) is 0. The lowest BCUT2D eigenvalue weighted by Crippen LogP contribution is -2.01. The average Bonchev–Trinajstić information content (AvgIpc) is 3.09. The van der Waals surface area contributed by atoms with E-state index >= 15 is 0 Å². The predicted molar refractivity (Wildman–Crippen MR) is 110 cm³/mol. The van der Waals surface area contributed by atoms with E-state index in [2.05, 4.69) is 26.7 Å². The molecule has 0 amide bonds. The van der Waals surface area contributed by atoms with E-state index in [1.165, 1.54) is 0 Å². The first-order chi connectivity index (χ1) is 13.2. The largest absolute Gasteiger partial charge is 0.302 e. The van der Waals surface area contributed by atoms with Crippen LogP contribution in [0.25, 0.3) is 22.4 Å². The molecule has 0 saturated heterocycles. The Labute approximate surface area is 166 Å². The molecule has 4 rings (SSSR count). The molecule has 5 nitrogen and oxygen atoms in total. The van der Waals surface area contributed by atoms with Gasteiger partial charge in [-0.1, -0.05) is 35.5 Å². The second-order valence-corrected chi connectivity index (χ2v) is 7.47. The minimum absolute atomic E-state index is 0.697. The van der Waals surface area contributed by atoms with Gasteiger partial charge in [0, 0.05) is 22.9 Å². The molecule has 2 heterocycles. The zero-order chi connectivity index (χ0) is 18.8. The monoisotopic (exact) mass is 395 g/mol. The van der Waals surface area contributed by atoms with E-state index in [1.54, 1.807) is 11.8 Å². The van der Waals surface area contributed by atoms with Crippen LogP contribution in [0.3, 0.4) is 0 Å². The number of hydrogen-bond acceptors (Lipinski definition) is 5. The minimum atomic E-state index is 0.697. The Morgan fingerprint density at radius 2 is 1.67 bits per heavy atom. The summed E-state index contributed by atoms with van der Waals surface area (Å²) in [5.74, 6) is 1.54. The highest BCUT2D eigenvalue weighted by Crippen LogP contribution is 2.27. The lowest BCUT2D eigenvalue weighted by molar-refractivity contribution is 0.687. The molecule has 0 aliphatic heterocycles. The fourth-order valence-corrected chi connectivity index (χ4v) is 4.02. The van der Waals surface area contributed by atoms with E-state index in [9.17, 15) is 0 Å². The molecule has 27 heavy (non-hydrogen) atoms. The summed E-state index contributed by atoms with van der Waals surface area (Å²) in [7, 11) is 0. The zero-order valence-electron chi connectivity index (χ0n) is 15.1. The average molecular weight is 396 g/mol. The molecule has 7 heteroatoms. The highest BCUT2D eigenvalue weighted by Gasteiger charge is 2.14. The minimum Gasteiger partial charge on any atom is -0.302 e. The number of aromatic nitrogens is 5. The first-order valence-electron chi connectivity index (χ1n) is 8.70. The number of para-hydroxylation sites is 2. The summed E-state index contributed by atoms with van der Waals surface area (Å²) < 4.78 is 2.11. The van der Waals surface area contributed by atoms with Crippen LogP contribution in [0.1, 0.15) is 18.3 Å². The van der Waals surface area contributed by atoms with Gasteiger partial charge in [0.25, 0.3) is 0 Å². The third-order valence-corrected chi connectivity index (χ3v) is 5.55. The molecule has 2 aromatic heterocycles. The topological polar surface area (TPSA) is 56.5 Å². The Kier molecular flexibility index (Phi) is 5.09. The third kappa shape index (κ3) is 3.68. The van der Waals surface area contributed by atoms with Crippen molar-refractivity contribution < 1.29 is 0 Å². The van der Waals surface area contributed by atoms with Gasteiger partial charge in [-0.25, -0.2) is 9.97 Å². The van der Waals surface area contributed by atoms with Gasteiger partial charge in [-0.3, -0.25) is 0 Å². The van der Waals surface area contributed by atoms with Crippen molar-refractivity contribution >= 4 is 34.4 Å². The van der Waals surface area contributed by atoms with Crippen LogP contribution in [-0.4, -0.2) is 24.7 Å². The molecule has 2 aromatic carbocycles. The number of halogens is 1. The smallest absolute Gasteiger partial charge is 0.191 e. The quantitative estimate of drug-likeness (QED) is 0.437. The maximum absolute atomic E-state index is 5.99. The van der Waals surface area contributed by atoms with Gasteiger partial charge in [0.15, 0.2) is 11.0 Å². The Hall–Kier alpha value is -2.44. The third-order valence-electron chi connectivity index (χ3n) is 4.32. The molecule has 0 fully saturated rings. The molecular weight excluding hydrogens is 378 g/mol. The lowest BCUT2D eigenvalue weighted by atomic mass is 10.2. The molecule has 136 valence electrons. The van der Waals surface area contributed by atoms with Gasteiger partial charge in [0.05, 0.1) is 22.4 Å². The summed E-state index contributed by atoms with van der Waals surface area (Å²) in [6.07, 6.45) is 0. The molecule has 0 spiro atoms. The summed E-state index contributed by atoms with van der Waals surface area (Å²) >= 11 is 7.62. The van der Waals surface area contributed by atoms with E-state index in [1.807, 2.05) is 55.5 Å². The highest BCUT2D eigenvalue weighted by atomic mass is 35.5. The first kappa shape index (κ1) is 17.9. The van der Waals surface area contributed by atoms with Crippen LogP contribution < -0.4 is 0 Å². The fraction of sp³-hybridized carbons (Fsp3) is 0.200. The van der Waals surface area contributed by atoms with Gasteiger partial charge >= 0.3 is 0 Å². The zero-order valence-corrected chi connectivity index (χ0v) is 16.6. The Morgan fingerprint density at radius 3 is 2.37 bits per heavy atom. The fourth-order valence-electron chi connectivity index (χ4n) is 2.89. The molecule has 0 radical (unpaired) electrons. The van der Waals surface area contributed by atoms with E-state index < -0.39 is 0 Å². The van der Waals surface area contributed by atoms with Crippen LogP contribution in [-0.2, 0) is 12.3 Å². The number of fused-ring (bicyclic) bond motifs is 1. The Balaban J connectivity index is 1.60. The van der Waals surface area contributed by atoms with Crippen molar-refractivity contribution in [2.75, 3.05) is 0 Å². The number of thioether (sulfide) groups is 1. The molecule has 0 aliphatic carbocycles. The maximum Gasteiger partial charge on any atom is 0.191 e. The molecule has 0 bridgehead atoms. The van der Waals surface area contributed by atoms with Crippen molar-refractivity contribution in [1.29, 1.82) is 0 Å². The first-order valence-corrected chi connectivity index (χ1v) is 10.1. The summed E-state index contributed by atoms with van der Waals surface area (Å²) in [6.45, 7) is 4.88. The van der Waals surface area contributed by atoms with Crippen molar-refractivity contribution in [2.45, 2.75) is 31.3 Å². The van der Waals surface area contributed by atoms with Crippen LogP contribution >= 0.6 is 23.4 Å². The van der Waals surface area contributed by atoms with E-state index in [0.29, 0.717) is 10.8 Å². The summed E-state index contributed by atoms with van der Waals surface area (Å²) in [6, 6.07) is 15.6. The summed E-state index contributed by atoms with van der Waals surface area (Å²) in [5.41, 5.74) is 4.75. The van der Waals surface area contributed by atoms with Crippen molar-refractivity contribution in [3.8, 4) is 11.4 Å².